The van der Waals surface area contributed by atoms with E-state index in [0.717, 1.165) is 15.6 Å². The molecule has 0 aliphatic carbocycles. The third kappa shape index (κ3) is 3.52. The number of methoxy groups -OCH3 is 2. The summed E-state index contributed by atoms with van der Waals surface area (Å²) in [7, 11) is 4.89. The second kappa shape index (κ2) is 6.58. The van der Waals surface area contributed by atoms with Crippen molar-refractivity contribution < 1.29 is 14.3 Å². The molecule has 1 heterocycles. The van der Waals surface area contributed by atoms with Gasteiger partial charge in [0, 0.05) is 29.9 Å². The molecule has 0 radical (unpaired) electrons. The number of thiazole rings is 1. The molecule has 2 rings (SSSR count). The summed E-state index contributed by atoms with van der Waals surface area (Å²) in [6.07, 6.45) is 2.08. The van der Waals surface area contributed by atoms with Crippen LogP contribution >= 0.6 is 11.3 Å². The number of aryl methyl sites for hydroxylation is 1. The first-order chi connectivity index (χ1) is 10.0. The van der Waals surface area contributed by atoms with E-state index in [1.807, 2.05) is 13.0 Å². The van der Waals surface area contributed by atoms with Crippen molar-refractivity contribution in [1.82, 2.24) is 4.98 Å². The fourth-order valence-electron chi connectivity index (χ4n) is 1.91. The first kappa shape index (κ1) is 15.3. The average Bonchev–Trinajstić information content (AvgIpc) is 2.90. The second-order valence-electron chi connectivity index (χ2n) is 4.53. The Labute approximate surface area is 128 Å². The number of ether oxygens (including phenoxy) is 2. The Kier molecular flexibility index (Phi) is 4.80. The normalized spacial score (nSPS) is 10.3. The number of rotatable bonds is 5. The maximum Gasteiger partial charge on any atom is 0.233 e. The van der Waals surface area contributed by atoms with Crippen LogP contribution in [0.3, 0.4) is 0 Å². The molecular weight excluding hydrogens is 288 g/mol. The van der Waals surface area contributed by atoms with Gasteiger partial charge in [0.2, 0.25) is 5.91 Å². The first-order valence-electron chi connectivity index (χ1n) is 6.45. The molecule has 0 aliphatic rings. The van der Waals surface area contributed by atoms with E-state index >= 15 is 0 Å². The van der Waals surface area contributed by atoms with Gasteiger partial charge < -0.3 is 14.4 Å². The van der Waals surface area contributed by atoms with Gasteiger partial charge in [-0.15, -0.1) is 11.3 Å². The summed E-state index contributed by atoms with van der Waals surface area (Å²) in [5, 5.41) is 0.824. The van der Waals surface area contributed by atoms with E-state index in [1.165, 1.54) is 11.3 Å². The van der Waals surface area contributed by atoms with E-state index < -0.39 is 0 Å². The van der Waals surface area contributed by atoms with Gasteiger partial charge >= 0.3 is 0 Å². The lowest BCUT2D eigenvalue weighted by atomic mass is 10.2. The molecular formula is C15H18N2O3S. The SMILES string of the molecule is COc1ccc(N(C)C(=O)Cc2ncc(C)s2)cc1OC. The lowest BCUT2D eigenvalue weighted by Crippen LogP contribution is -2.27. The Morgan fingerprint density at radius 1 is 1.29 bits per heavy atom. The number of hydrogen-bond acceptors (Lipinski definition) is 5. The summed E-state index contributed by atoms with van der Waals surface area (Å²) >= 11 is 1.54. The molecule has 0 atom stereocenters. The molecule has 0 spiro atoms. The van der Waals surface area contributed by atoms with Gasteiger partial charge in [-0.05, 0) is 19.1 Å². The van der Waals surface area contributed by atoms with Crippen LogP contribution in [0.5, 0.6) is 11.5 Å². The molecule has 0 saturated heterocycles. The van der Waals surface area contributed by atoms with Crippen LogP contribution < -0.4 is 14.4 Å². The number of hydrogen-bond donors (Lipinski definition) is 0. The zero-order valence-electron chi connectivity index (χ0n) is 12.5. The molecule has 21 heavy (non-hydrogen) atoms. The Hall–Kier alpha value is -2.08. The van der Waals surface area contributed by atoms with Crippen LogP contribution in [0.15, 0.2) is 24.4 Å². The summed E-state index contributed by atoms with van der Waals surface area (Å²) in [5.41, 5.74) is 0.755. The highest BCUT2D eigenvalue weighted by atomic mass is 32.1. The van der Waals surface area contributed by atoms with Gasteiger partial charge in [-0.2, -0.15) is 0 Å². The zero-order chi connectivity index (χ0) is 15.4. The number of carbonyl (C=O) groups excluding carboxylic acids is 1. The van der Waals surface area contributed by atoms with Gasteiger partial charge in [-0.1, -0.05) is 0 Å². The number of nitrogens with zero attached hydrogens (tertiary/aromatic N) is 2. The van der Waals surface area contributed by atoms with E-state index in [2.05, 4.69) is 4.98 Å². The van der Waals surface area contributed by atoms with Crippen molar-refractivity contribution in [3.8, 4) is 11.5 Å². The van der Waals surface area contributed by atoms with Gasteiger partial charge in [-0.3, -0.25) is 4.79 Å². The van der Waals surface area contributed by atoms with Gasteiger partial charge in [-0.25, -0.2) is 4.98 Å². The van der Waals surface area contributed by atoms with E-state index in [4.69, 9.17) is 9.47 Å². The molecule has 1 aromatic heterocycles. The van der Waals surface area contributed by atoms with Gasteiger partial charge in [0.15, 0.2) is 11.5 Å². The molecule has 1 amide bonds. The highest BCUT2D eigenvalue weighted by Crippen LogP contribution is 2.31. The standard InChI is InChI=1S/C15H18N2O3S/c1-10-9-16-14(21-10)8-15(18)17(2)11-5-6-12(19-3)13(7-11)20-4/h5-7,9H,8H2,1-4H3. The quantitative estimate of drug-likeness (QED) is 0.852. The van der Waals surface area contributed by atoms with E-state index in [9.17, 15) is 4.79 Å². The zero-order valence-corrected chi connectivity index (χ0v) is 13.4. The van der Waals surface area contributed by atoms with Crippen molar-refractivity contribution in [2.24, 2.45) is 0 Å². The van der Waals surface area contributed by atoms with Crippen LogP contribution in [0.4, 0.5) is 5.69 Å². The summed E-state index contributed by atoms with van der Waals surface area (Å²) in [5.74, 6) is 1.22. The van der Waals surface area contributed by atoms with Crippen molar-refractivity contribution >= 4 is 22.9 Å². The van der Waals surface area contributed by atoms with Crippen molar-refractivity contribution in [2.45, 2.75) is 13.3 Å². The number of amides is 1. The van der Waals surface area contributed by atoms with E-state index in [0.29, 0.717) is 17.9 Å². The third-order valence-corrected chi connectivity index (χ3v) is 4.01. The van der Waals surface area contributed by atoms with Crippen molar-refractivity contribution in [3.05, 3.63) is 34.3 Å². The van der Waals surface area contributed by atoms with Crippen LogP contribution in [0.1, 0.15) is 9.88 Å². The van der Waals surface area contributed by atoms with Gasteiger partial charge in [0.1, 0.15) is 5.01 Å². The van der Waals surface area contributed by atoms with Crippen LogP contribution in [0.25, 0.3) is 0 Å². The van der Waals surface area contributed by atoms with Crippen LogP contribution in [-0.4, -0.2) is 32.2 Å². The predicted molar refractivity (Wildman–Crippen MR) is 83.5 cm³/mol. The number of benzene rings is 1. The number of likely N-dealkylation sites (N-methyl/N-ethyl adjacent to an activating group) is 1. The second-order valence-corrected chi connectivity index (χ2v) is 5.85. The van der Waals surface area contributed by atoms with Crippen molar-refractivity contribution in [1.29, 1.82) is 0 Å². The minimum atomic E-state index is -0.0171. The largest absolute Gasteiger partial charge is 0.493 e. The monoisotopic (exact) mass is 306 g/mol. The Morgan fingerprint density at radius 3 is 2.57 bits per heavy atom. The minimum absolute atomic E-state index is 0.0171. The van der Waals surface area contributed by atoms with Gasteiger partial charge in [0.25, 0.3) is 0 Å². The fourth-order valence-corrected chi connectivity index (χ4v) is 2.69. The average molecular weight is 306 g/mol. The number of carbonyl (C=O) groups is 1. The minimum Gasteiger partial charge on any atom is -0.493 e. The molecule has 0 bridgehead atoms. The number of anilines is 1. The summed E-state index contributed by atoms with van der Waals surface area (Å²) in [4.78, 5) is 19.2. The molecule has 0 N–H and O–H groups in total. The molecule has 1 aromatic carbocycles. The summed E-state index contributed by atoms with van der Waals surface area (Å²) in [6.45, 7) is 1.98. The summed E-state index contributed by atoms with van der Waals surface area (Å²) < 4.78 is 10.4. The molecule has 112 valence electrons. The smallest absolute Gasteiger partial charge is 0.233 e. The Morgan fingerprint density at radius 2 is 2.00 bits per heavy atom. The molecule has 5 nitrogen and oxygen atoms in total. The van der Waals surface area contributed by atoms with Crippen LogP contribution in [0.2, 0.25) is 0 Å². The maximum atomic E-state index is 12.3. The Balaban J connectivity index is 2.15. The number of aromatic nitrogens is 1. The third-order valence-electron chi connectivity index (χ3n) is 3.10. The lowest BCUT2D eigenvalue weighted by molar-refractivity contribution is -0.117. The molecule has 2 aromatic rings. The molecule has 0 saturated carbocycles. The van der Waals surface area contributed by atoms with E-state index in [-0.39, 0.29) is 5.91 Å². The maximum absolute atomic E-state index is 12.3. The molecule has 0 unspecified atom stereocenters. The first-order valence-corrected chi connectivity index (χ1v) is 7.26. The topological polar surface area (TPSA) is 51.7 Å². The summed E-state index contributed by atoms with van der Waals surface area (Å²) in [6, 6.07) is 5.39. The van der Waals surface area contributed by atoms with Gasteiger partial charge in [0.05, 0.1) is 20.6 Å². The van der Waals surface area contributed by atoms with Crippen LogP contribution in [0, 0.1) is 6.92 Å². The van der Waals surface area contributed by atoms with Crippen molar-refractivity contribution in [2.75, 3.05) is 26.2 Å². The highest BCUT2D eigenvalue weighted by Gasteiger charge is 2.15. The Bertz CT molecular complexity index is 640. The molecule has 0 aliphatic heterocycles. The van der Waals surface area contributed by atoms with Crippen LogP contribution in [-0.2, 0) is 11.2 Å². The predicted octanol–water partition coefficient (Wildman–Crippen LogP) is 2.67. The molecule has 6 heteroatoms. The fraction of sp³-hybridized carbons (Fsp3) is 0.333. The van der Waals surface area contributed by atoms with Crippen molar-refractivity contribution in [3.63, 3.8) is 0 Å². The lowest BCUT2D eigenvalue weighted by Gasteiger charge is -2.18. The molecule has 0 fully saturated rings. The van der Waals surface area contributed by atoms with E-state index in [1.54, 1.807) is 44.5 Å². The highest BCUT2D eigenvalue weighted by molar-refractivity contribution is 7.11.